The molecule has 0 saturated carbocycles. The van der Waals surface area contributed by atoms with Crippen molar-refractivity contribution >= 4 is 17.8 Å². The first-order valence-corrected chi connectivity index (χ1v) is 10.3. The van der Waals surface area contributed by atoms with Gasteiger partial charge in [0.25, 0.3) is 0 Å². The van der Waals surface area contributed by atoms with E-state index in [2.05, 4.69) is 55.3 Å². The van der Waals surface area contributed by atoms with E-state index in [0.717, 1.165) is 30.8 Å². The molecule has 0 bridgehead atoms. The summed E-state index contributed by atoms with van der Waals surface area (Å²) in [4.78, 5) is 14.6. The van der Waals surface area contributed by atoms with Crippen molar-refractivity contribution in [2.24, 2.45) is 11.0 Å². The van der Waals surface area contributed by atoms with Crippen molar-refractivity contribution < 1.29 is 9.90 Å². The second-order valence-electron chi connectivity index (χ2n) is 7.71. The van der Waals surface area contributed by atoms with Gasteiger partial charge in [-0.25, -0.2) is 5.43 Å². The van der Waals surface area contributed by atoms with Gasteiger partial charge in [0.05, 0.1) is 12.1 Å². The Morgan fingerprint density at radius 3 is 2.31 bits per heavy atom. The average molecular weight is 396 g/mol. The maximum Gasteiger partial charge on any atom is 0.247 e. The molecule has 0 aromatic heterocycles. The number of phenols is 1. The van der Waals surface area contributed by atoms with Crippen LogP contribution in [-0.2, 0) is 11.2 Å². The van der Waals surface area contributed by atoms with Crippen LogP contribution in [0, 0.1) is 5.92 Å². The van der Waals surface area contributed by atoms with Gasteiger partial charge in [-0.05, 0) is 56.4 Å². The number of hydrogen-bond donors (Lipinski definition) is 2. The Morgan fingerprint density at radius 2 is 1.76 bits per heavy atom. The first-order valence-electron chi connectivity index (χ1n) is 10.3. The number of rotatable bonds is 9. The summed E-state index contributed by atoms with van der Waals surface area (Å²) in [7, 11) is 0. The van der Waals surface area contributed by atoms with Crippen LogP contribution in [0.4, 0.5) is 5.69 Å². The number of amides is 1. The van der Waals surface area contributed by atoms with Crippen LogP contribution in [0.3, 0.4) is 0 Å². The Balaban J connectivity index is 1.98. The third-order valence-corrected chi connectivity index (χ3v) is 5.04. The quantitative estimate of drug-likeness (QED) is 0.478. The van der Waals surface area contributed by atoms with Gasteiger partial charge in [0.2, 0.25) is 5.91 Å². The zero-order valence-corrected chi connectivity index (χ0v) is 18.1. The molecule has 2 aromatic rings. The predicted octanol–water partition coefficient (Wildman–Crippen LogP) is 4.69. The zero-order valence-electron chi connectivity index (χ0n) is 18.1. The second-order valence-corrected chi connectivity index (χ2v) is 7.71. The lowest BCUT2D eigenvalue weighted by Crippen LogP contribution is -2.23. The minimum Gasteiger partial charge on any atom is -0.507 e. The van der Waals surface area contributed by atoms with E-state index >= 15 is 0 Å². The van der Waals surface area contributed by atoms with Gasteiger partial charge in [-0.1, -0.05) is 38.1 Å². The van der Waals surface area contributed by atoms with Crippen molar-refractivity contribution in [1.82, 2.24) is 5.43 Å². The number of phenolic OH excluding ortho intramolecular Hbond substituents is 1. The highest BCUT2D eigenvalue weighted by atomic mass is 16.3. The summed E-state index contributed by atoms with van der Waals surface area (Å²) in [6.45, 7) is 12.1. The molecule has 2 N–H and O–H groups in total. The first-order chi connectivity index (χ1) is 13.8. The van der Waals surface area contributed by atoms with Crippen LogP contribution in [-0.4, -0.2) is 30.3 Å². The highest BCUT2D eigenvalue weighted by Gasteiger charge is 2.14. The lowest BCUT2D eigenvalue weighted by atomic mass is 9.96. The van der Waals surface area contributed by atoms with Crippen molar-refractivity contribution in [2.45, 2.75) is 47.0 Å². The maximum absolute atomic E-state index is 12.4. The minimum absolute atomic E-state index is 0.140. The Labute approximate surface area is 174 Å². The van der Waals surface area contributed by atoms with Crippen molar-refractivity contribution in [3.05, 3.63) is 59.2 Å². The molecule has 156 valence electrons. The largest absolute Gasteiger partial charge is 0.507 e. The molecule has 0 fully saturated rings. The molecule has 0 saturated heterocycles. The molecule has 2 aromatic carbocycles. The van der Waals surface area contributed by atoms with Crippen LogP contribution in [0.5, 0.6) is 5.75 Å². The normalized spacial score (nSPS) is 12.3. The minimum atomic E-state index is -0.307. The van der Waals surface area contributed by atoms with Crippen molar-refractivity contribution in [2.75, 3.05) is 18.0 Å². The topological polar surface area (TPSA) is 64.9 Å². The van der Waals surface area contributed by atoms with Gasteiger partial charge >= 0.3 is 0 Å². The molecule has 0 radical (unpaired) electrons. The van der Waals surface area contributed by atoms with E-state index in [9.17, 15) is 9.90 Å². The molecule has 0 heterocycles. The molecule has 2 rings (SSSR count). The number of aromatic hydroxyl groups is 1. The van der Waals surface area contributed by atoms with Gasteiger partial charge < -0.3 is 10.0 Å². The predicted molar refractivity (Wildman–Crippen MR) is 121 cm³/mol. The Hall–Kier alpha value is -2.82. The number of benzene rings is 2. The summed E-state index contributed by atoms with van der Waals surface area (Å²) in [5.74, 6) is 0.255. The number of hydrazone groups is 1. The van der Waals surface area contributed by atoms with Gasteiger partial charge in [-0.3, -0.25) is 4.79 Å². The van der Waals surface area contributed by atoms with E-state index < -0.39 is 0 Å². The van der Waals surface area contributed by atoms with Crippen LogP contribution < -0.4 is 10.3 Å². The molecule has 5 nitrogen and oxygen atoms in total. The summed E-state index contributed by atoms with van der Waals surface area (Å²) >= 11 is 0. The Morgan fingerprint density at radius 1 is 1.10 bits per heavy atom. The molecule has 0 unspecified atom stereocenters. The van der Waals surface area contributed by atoms with Gasteiger partial charge in [-0.2, -0.15) is 5.10 Å². The van der Waals surface area contributed by atoms with Crippen LogP contribution in [0.1, 0.15) is 57.2 Å². The van der Waals surface area contributed by atoms with Gasteiger partial charge in [0.15, 0.2) is 0 Å². The van der Waals surface area contributed by atoms with Crippen molar-refractivity contribution in [1.29, 1.82) is 0 Å². The Kier molecular flexibility index (Phi) is 8.25. The van der Waals surface area contributed by atoms with Crippen molar-refractivity contribution in [3.63, 3.8) is 0 Å². The summed E-state index contributed by atoms with van der Waals surface area (Å²) in [6.07, 6.45) is 2.50. The maximum atomic E-state index is 12.4. The molecule has 0 aliphatic carbocycles. The number of carbonyl (C=O) groups is 1. The van der Waals surface area contributed by atoms with Gasteiger partial charge in [0.1, 0.15) is 5.75 Å². The molecule has 29 heavy (non-hydrogen) atoms. The number of hydrogen-bond acceptors (Lipinski definition) is 4. The third kappa shape index (κ3) is 6.34. The molecule has 1 amide bonds. The summed E-state index contributed by atoms with van der Waals surface area (Å²) in [5, 5.41) is 14.3. The number of carbonyl (C=O) groups excluding carboxylic acids is 1. The molecule has 0 spiro atoms. The molecule has 5 heteroatoms. The fourth-order valence-electron chi connectivity index (χ4n) is 3.25. The Bertz CT molecular complexity index is 825. The highest BCUT2D eigenvalue weighted by Crippen LogP contribution is 2.23. The van der Waals surface area contributed by atoms with Crippen molar-refractivity contribution in [3.8, 4) is 5.75 Å². The van der Waals surface area contributed by atoms with E-state index in [1.54, 1.807) is 12.1 Å². The van der Waals surface area contributed by atoms with Gasteiger partial charge in [0, 0.05) is 30.4 Å². The number of nitrogens with zero attached hydrogens (tertiary/aromatic N) is 2. The van der Waals surface area contributed by atoms with Crippen LogP contribution in [0.2, 0.25) is 0 Å². The summed E-state index contributed by atoms with van der Waals surface area (Å²) < 4.78 is 0. The summed E-state index contributed by atoms with van der Waals surface area (Å²) in [5.41, 5.74) is 6.33. The zero-order chi connectivity index (χ0) is 21.4. The lowest BCUT2D eigenvalue weighted by molar-refractivity contribution is -0.122. The first kappa shape index (κ1) is 22.5. The fraction of sp³-hybridized carbons (Fsp3) is 0.417. The molecule has 0 aliphatic rings. The lowest BCUT2D eigenvalue weighted by Gasteiger charge is -2.21. The number of nitrogens with one attached hydrogen (secondary N) is 1. The monoisotopic (exact) mass is 395 g/mol. The highest BCUT2D eigenvalue weighted by molar-refractivity contribution is 5.87. The smallest absolute Gasteiger partial charge is 0.247 e. The average Bonchev–Trinajstić information content (AvgIpc) is 2.70. The van der Waals surface area contributed by atoms with Crippen LogP contribution in [0.25, 0.3) is 0 Å². The van der Waals surface area contributed by atoms with E-state index in [4.69, 9.17) is 0 Å². The molecule has 1 atom stereocenters. The molecular formula is C24H33N3O2. The standard InChI is InChI=1S/C24H33N3O2/c1-6-27(7-2)22-13-12-21(23(28)15-22)16-25-26-24(29)18(5)20-10-8-19(9-11-20)14-17(3)4/h8-13,15-18,28H,6-7,14H2,1-5H3,(H,26,29)/b25-16-/t18-/m0/s1. The van der Waals surface area contributed by atoms with E-state index in [1.807, 2.05) is 25.1 Å². The SMILES string of the molecule is CCN(CC)c1ccc(/C=N\NC(=O)[C@@H](C)c2ccc(CC(C)C)cc2)c(O)c1. The number of anilines is 1. The fourth-order valence-corrected chi connectivity index (χ4v) is 3.25. The van der Waals surface area contributed by atoms with Crippen LogP contribution >= 0.6 is 0 Å². The van der Waals surface area contributed by atoms with Crippen LogP contribution in [0.15, 0.2) is 47.6 Å². The second kappa shape index (κ2) is 10.6. The van der Waals surface area contributed by atoms with Gasteiger partial charge in [-0.15, -0.1) is 0 Å². The van der Waals surface area contributed by atoms with E-state index in [0.29, 0.717) is 11.5 Å². The summed E-state index contributed by atoms with van der Waals surface area (Å²) in [6, 6.07) is 13.6. The third-order valence-electron chi connectivity index (χ3n) is 5.04. The van der Waals surface area contributed by atoms with E-state index in [-0.39, 0.29) is 17.6 Å². The molecule has 0 aliphatic heterocycles. The molecular weight excluding hydrogens is 362 g/mol. The van der Waals surface area contributed by atoms with E-state index in [1.165, 1.54) is 11.8 Å².